The summed E-state index contributed by atoms with van der Waals surface area (Å²) >= 11 is 0. The second kappa shape index (κ2) is 11.5. The molecular formula is C27H30F3N3O3. The van der Waals surface area contributed by atoms with E-state index < -0.39 is 17.8 Å². The van der Waals surface area contributed by atoms with Crippen molar-refractivity contribution in [2.45, 2.75) is 38.0 Å². The third-order valence-electron chi connectivity index (χ3n) is 6.48. The summed E-state index contributed by atoms with van der Waals surface area (Å²) in [7, 11) is 1.65. The zero-order valence-corrected chi connectivity index (χ0v) is 20.1. The fourth-order valence-electron chi connectivity index (χ4n) is 4.44. The molecule has 2 heterocycles. The maximum atomic E-state index is 13.2. The number of halogens is 3. The van der Waals surface area contributed by atoms with Crippen molar-refractivity contribution >= 4 is 11.7 Å². The van der Waals surface area contributed by atoms with Gasteiger partial charge in [-0.15, -0.1) is 0 Å². The van der Waals surface area contributed by atoms with Crippen LogP contribution in [0.15, 0.2) is 71.3 Å². The van der Waals surface area contributed by atoms with Crippen molar-refractivity contribution < 1.29 is 27.1 Å². The van der Waals surface area contributed by atoms with Gasteiger partial charge in [0.25, 0.3) is 0 Å². The Labute approximate surface area is 208 Å². The highest BCUT2D eigenvalue weighted by molar-refractivity contribution is 5.89. The van der Waals surface area contributed by atoms with Crippen molar-refractivity contribution in [3.63, 3.8) is 0 Å². The fraction of sp³-hybridized carbons (Fsp3) is 0.370. The molecule has 0 unspecified atom stereocenters. The SMILES string of the molecule is COc1ccc(CCN2CCC(N(Cc3ccco3)C(=O)Nc3cccc(C(F)(F)F)c3)CC2)cc1. The van der Waals surface area contributed by atoms with E-state index in [1.54, 1.807) is 30.4 Å². The van der Waals surface area contributed by atoms with Crippen LogP contribution in [0, 0.1) is 0 Å². The van der Waals surface area contributed by atoms with Crippen LogP contribution < -0.4 is 10.1 Å². The number of hydrogen-bond donors (Lipinski definition) is 1. The minimum absolute atomic E-state index is 0.0573. The first-order chi connectivity index (χ1) is 17.3. The predicted octanol–water partition coefficient (Wildman–Crippen LogP) is 6.05. The standard InChI is InChI=1S/C27H30F3N3O3/c1-35-24-9-7-20(8-10-24)11-14-32-15-12-23(13-16-32)33(19-25-6-3-17-36-25)26(34)31-22-5-2-4-21(18-22)27(28,29)30/h2-10,17-18,23H,11-16,19H2,1H3,(H,31,34). The molecule has 1 saturated heterocycles. The number of urea groups is 1. The third kappa shape index (κ3) is 6.81. The van der Waals surface area contributed by atoms with E-state index in [2.05, 4.69) is 22.3 Å². The molecule has 192 valence electrons. The highest BCUT2D eigenvalue weighted by Crippen LogP contribution is 2.31. The normalized spacial score (nSPS) is 15.0. The number of benzene rings is 2. The number of ether oxygens (including phenoxy) is 1. The molecule has 0 saturated carbocycles. The summed E-state index contributed by atoms with van der Waals surface area (Å²) in [6.45, 7) is 2.81. The van der Waals surface area contributed by atoms with Gasteiger partial charge in [-0.3, -0.25) is 0 Å². The molecule has 2 amide bonds. The lowest BCUT2D eigenvalue weighted by molar-refractivity contribution is -0.137. The first-order valence-electron chi connectivity index (χ1n) is 11.9. The molecule has 0 aliphatic carbocycles. The Morgan fingerprint density at radius 3 is 2.50 bits per heavy atom. The van der Waals surface area contributed by atoms with Crippen LogP contribution >= 0.6 is 0 Å². The molecule has 6 nitrogen and oxygen atoms in total. The molecule has 0 bridgehead atoms. The van der Waals surface area contributed by atoms with Crippen molar-refractivity contribution in [3.05, 3.63) is 83.8 Å². The highest BCUT2D eigenvalue weighted by Gasteiger charge is 2.32. The van der Waals surface area contributed by atoms with Crippen LogP contribution in [0.25, 0.3) is 0 Å². The number of amides is 2. The lowest BCUT2D eigenvalue weighted by Crippen LogP contribution is -2.48. The fourth-order valence-corrected chi connectivity index (χ4v) is 4.44. The van der Waals surface area contributed by atoms with Crippen molar-refractivity contribution in [1.82, 2.24) is 9.80 Å². The Hall–Kier alpha value is -3.46. The Morgan fingerprint density at radius 2 is 1.86 bits per heavy atom. The average molecular weight is 502 g/mol. The molecule has 1 aromatic heterocycles. The topological polar surface area (TPSA) is 58.0 Å². The van der Waals surface area contributed by atoms with Gasteiger partial charge in [0.2, 0.25) is 0 Å². The second-order valence-electron chi connectivity index (χ2n) is 8.89. The summed E-state index contributed by atoms with van der Waals surface area (Å²) < 4.78 is 50.0. The lowest BCUT2D eigenvalue weighted by atomic mass is 10.0. The number of piperidine rings is 1. The zero-order chi connectivity index (χ0) is 25.5. The van der Waals surface area contributed by atoms with Crippen LogP contribution in [0.4, 0.5) is 23.7 Å². The molecule has 0 atom stereocenters. The van der Waals surface area contributed by atoms with Gasteiger partial charge >= 0.3 is 12.2 Å². The molecule has 0 spiro atoms. The van der Waals surface area contributed by atoms with E-state index in [9.17, 15) is 18.0 Å². The summed E-state index contributed by atoms with van der Waals surface area (Å²) in [4.78, 5) is 17.2. The first kappa shape index (κ1) is 25.6. The number of nitrogens with one attached hydrogen (secondary N) is 1. The van der Waals surface area contributed by atoms with Gasteiger partial charge in [-0.05, 0) is 67.3 Å². The molecule has 1 aliphatic rings. The third-order valence-corrected chi connectivity index (χ3v) is 6.48. The maximum absolute atomic E-state index is 13.2. The summed E-state index contributed by atoms with van der Waals surface area (Å²) in [5.74, 6) is 1.45. The van der Waals surface area contributed by atoms with E-state index in [-0.39, 0.29) is 18.3 Å². The molecule has 1 N–H and O–H groups in total. The Bertz CT molecular complexity index is 1110. The zero-order valence-electron chi connectivity index (χ0n) is 20.1. The minimum atomic E-state index is -4.48. The first-order valence-corrected chi connectivity index (χ1v) is 11.9. The number of carbonyl (C=O) groups is 1. The van der Waals surface area contributed by atoms with Gasteiger partial charge in [0.05, 0.1) is 25.5 Å². The maximum Gasteiger partial charge on any atom is 0.416 e. The number of carbonyl (C=O) groups excluding carboxylic acids is 1. The molecule has 0 radical (unpaired) electrons. The molecule has 1 fully saturated rings. The Morgan fingerprint density at radius 1 is 1.11 bits per heavy atom. The molecule has 9 heteroatoms. The van der Waals surface area contributed by atoms with E-state index in [4.69, 9.17) is 9.15 Å². The monoisotopic (exact) mass is 501 g/mol. The van der Waals surface area contributed by atoms with Crippen molar-refractivity contribution in [2.75, 3.05) is 32.1 Å². The largest absolute Gasteiger partial charge is 0.497 e. The highest BCUT2D eigenvalue weighted by atomic mass is 19.4. The summed E-state index contributed by atoms with van der Waals surface area (Å²) in [6, 6.07) is 15.8. The number of methoxy groups -OCH3 is 1. The van der Waals surface area contributed by atoms with Crippen molar-refractivity contribution in [2.24, 2.45) is 0 Å². The molecule has 3 aromatic rings. The van der Waals surface area contributed by atoms with Gasteiger partial charge in [0, 0.05) is 31.4 Å². The number of furan rings is 1. The lowest BCUT2D eigenvalue weighted by Gasteiger charge is -2.38. The van der Waals surface area contributed by atoms with Crippen LogP contribution in [0.5, 0.6) is 5.75 Å². The van der Waals surface area contributed by atoms with Crippen LogP contribution in [-0.4, -0.2) is 48.6 Å². The molecule has 1 aliphatic heterocycles. The average Bonchev–Trinajstić information content (AvgIpc) is 3.40. The number of hydrogen-bond acceptors (Lipinski definition) is 4. The number of alkyl halides is 3. The molecule has 36 heavy (non-hydrogen) atoms. The van der Waals surface area contributed by atoms with Crippen LogP contribution in [0.2, 0.25) is 0 Å². The van der Waals surface area contributed by atoms with Gasteiger partial charge in [0.15, 0.2) is 0 Å². The second-order valence-corrected chi connectivity index (χ2v) is 8.89. The summed E-state index contributed by atoms with van der Waals surface area (Å²) in [6.07, 6.45) is -0.493. The smallest absolute Gasteiger partial charge is 0.416 e. The van der Waals surface area contributed by atoms with E-state index in [1.165, 1.54) is 17.7 Å². The molecular weight excluding hydrogens is 471 g/mol. The van der Waals surface area contributed by atoms with Gasteiger partial charge in [-0.2, -0.15) is 13.2 Å². The number of anilines is 1. The van der Waals surface area contributed by atoms with E-state index >= 15 is 0 Å². The van der Waals surface area contributed by atoms with Gasteiger partial charge in [0.1, 0.15) is 11.5 Å². The van der Waals surface area contributed by atoms with Crippen molar-refractivity contribution in [1.29, 1.82) is 0 Å². The summed E-state index contributed by atoms with van der Waals surface area (Å²) in [5.41, 5.74) is 0.539. The predicted molar refractivity (Wildman–Crippen MR) is 131 cm³/mol. The van der Waals surface area contributed by atoms with Gasteiger partial charge in [-0.1, -0.05) is 18.2 Å². The van der Waals surface area contributed by atoms with Crippen LogP contribution in [0.1, 0.15) is 29.7 Å². The number of nitrogens with zero attached hydrogens (tertiary/aromatic N) is 2. The number of likely N-dealkylation sites (tertiary alicyclic amines) is 1. The van der Waals surface area contributed by atoms with Crippen LogP contribution in [-0.2, 0) is 19.1 Å². The minimum Gasteiger partial charge on any atom is -0.497 e. The quantitative estimate of drug-likeness (QED) is 0.408. The van der Waals surface area contributed by atoms with Gasteiger partial charge in [-0.25, -0.2) is 4.79 Å². The van der Waals surface area contributed by atoms with E-state index in [1.807, 2.05) is 12.1 Å². The summed E-state index contributed by atoms with van der Waals surface area (Å²) in [5, 5.41) is 2.65. The number of rotatable bonds is 8. The van der Waals surface area contributed by atoms with E-state index in [0.717, 1.165) is 56.8 Å². The molecule has 4 rings (SSSR count). The van der Waals surface area contributed by atoms with Crippen LogP contribution in [0.3, 0.4) is 0 Å². The Kier molecular flexibility index (Phi) is 8.20. The van der Waals surface area contributed by atoms with Crippen molar-refractivity contribution in [3.8, 4) is 5.75 Å². The van der Waals surface area contributed by atoms with Gasteiger partial charge < -0.3 is 24.3 Å². The van der Waals surface area contributed by atoms with E-state index in [0.29, 0.717) is 5.76 Å². The Balaban J connectivity index is 1.37. The molecule has 2 aromatic carbocycles.